The maximum Gasteiger partial charge on any atom is 0.255 e. The van der Waals surface area contributed by atoms with Gasteiger partial charge in [-0.3, -0.25) is 4.79 Å². The molecular weight excluding hydrogens is 297 g/mol. The van der Waals surface area contributed by atoms with Crippen molar-refractivity contribution in [3.05, 3.63) is 57.1 Å². The van der Waals surface area contributed by atoms with E-state index in [1.165, 1.54) is 12.1 Å². The van der Waals surface area contributed by atoms with E-state index in [-0.39, 0.29) is 22.4 Å². The van der Waals surface area contributed by atoms with Gasteiger partial charge in [-0.2, -0.15) is 0 Å². The lowest BCUT2D eigenvalue weighted by molar-refractivity contribution is 0.102. The van der Waals surface area contributed by atoms with E-state index < -0.39 is 0 Å². The second-order valence-electron chi connectivity index (χ2n) is 4.54. The molecule has 2 N–H and O–H groups in total. The molecule has 0 aliphatic rings. The number of amides is 1. The summed E-state index contributed by atoms with van der Waals surface area (Å²) in [5, 5.41) is 12.8. The van der Waals surface area contributed by atoms with Gasteiger partial charge < -0.3 is 10.4 Å². The SMILES string of the molecule is Cc1ccc(C(=O)Nc2cc(Cl)cc(Cl)c2O)cc1C. The van der Waals surface area contributed by atoms with Crippen LogP contribution in [0.5, 0.6) is 5.75 Å². The summed E-state index contributed by atoms with van der Waals surface area (Å²) < 4.78 is 0. The Hall–Kier alpha value is -1.71. The Bertz CT molecular complexity index is 684. The van der Waals surface area contributed by atoms with Gasteiger partial charge in [0.05, 0.1) is 10.7 Å². The number of aryl methyl sites for hydroxylation is 2. The van der Waals surface area contributed by atoms with Crippen molar-refractivity contribution >= 4 is 34.8 Å². The van der Waals surface area contributed by atoms with Gasteiger partial charge in [0.25, 0.3) is 5.91 Å². The van der Waals surface area contributed by atoms with Gasteiger partial charge in [-0.15, -0.1) is 0 Å². The molecule has 0 atom stereocenters. The molecule has 0 heterocycles. The predicted octanol–water partition coefficient (Wildman–Crippen LogP) is 4.57. The molecule has 5 heteroatoms. The quantitative estimate of drug-likeness (QED) is 0.798. The highest BCUT2D eigenvalue weighted by Gasteiger charge is 2.13. The Labute approximate surface area is 127 Å². The van der Waals surface area contributed by atoms with Crippen LogP contribution in [-0.2, 0) is 0 Å². The van der Waals surface area contributed by atoms with E-state index in [1.807, 2.05) is 19.9 Å². The fraction of sp³-hybridized carbons (Fsp3) is 0.133. The van der Waals surface area contributed by atoms with E-state index in [4.69, 9.17) is 23.2 Å². The van der Waals surface area contributed by atoms with E-state index in [1.54, 1.807) is 12.1 Å². The number of carbonyl (C=O) groups excluding carboxylic acids is 1. The van der Waals surface area contributed by atoms with Gasteiger partial charge >= 0.3 is 0 Å². The molecule has 0 aliphatic heterocycles. The molecule has 1 amide bonds. The molecule has 104 valence electrons. The van der Waals surface area contributed by atoms with Crippen molar-refractivity contribution in [2.24, 2.45) is 0 Å². The number of carbonyl (C=O) groups is 1. The van der Waals surface area contributed by atoms with Crippen molar-refractivity contribution in [2.75, 3.05) is 5.32 Å². The van der Waals surface area contributed by atoms with E-state index in [2.05, 4.69) is 5.32 Å². The molecule has 0 spiro atoms. The molecule has 2 aromatic rings. The molecule has 0 saturated carbocycles. The molecule has 0 aromatic heterocycles. The minimum absolute atomic E-state index is 0.0906. The summed E-state index contributed by atoms with van der Waals surface area (Å²) in [5.74, 6) is -0.532. The molecule has 0 unspecified atom stereocenters. The Morgan fingerprint density at radius 2 is 1.80 bits per heavy atom. The highest BCUT2D eigenvalue weighted by Crippen LogP contribution is 2.35. The molecule has 0 saturated heterocycles. The number of hydrogen-bond acceptors (Lipinski definition) is 2. The number of anilines is 1. The number of aromatic hydroxyl groups is 1. The average Bonchev–Trinajstić information content (AvgIpc) is 2.38. The molecule has 2 rings (SSSR count). The molecular formula is C15H13Cl2NO2. The minimum Gasteiger partial charge on any atom is -0.504 e. The Kier molecular flexibility index (Phi) is 4.21. The average molecular weight is 310 g/mol. The number of rotatable bonds is 2. The third-order valence-corrected chi connectivity index (χ3v) is 3.55. The van der Waals surface area contributed by atoms with E-state index >= 15 is 0 Å². The predicted molar refractivity (Wildman–Crippen MR) is 82.0 cm³/mol. The summed E-state index contributed by atoms with van der Waals surface area (Å²) in [6.45, 7) is 3.90. The maximum atomic E-state index is 12.1. The number of nitrogens with one attached hydrogen (secondary N) is 1. The third kappa shape index (κ3) is 3.06. The summed E-state index contributed by atoms with van der Waals surface area (Å²) in [5.41, 5.74) is 2.82. The van der Waals surface area contributed by atoms with Crippen molar-refractivity contribution in [1.82, 2.24) is 0 Å². The van der Waals surface area contributed by atoms with E-state index in [0.29, 0.717) is 10.6 Å². The normalized spacial score (nSPS) is 10.4. The smallest absolute Gasteiger partial charge is 0.255 e. The molecule has 20 heavy (non-hydrogen) atoms. The summed E-state index contributed by atoms with van der Waals surface area (Å²) in [6.07, 6.45) is 0. The number of phenolic OH excluding ortho intramolecular Hbond substituents is 1. The van der Waals surface area contributed by atoms with Gasteiger partial charge in [0.15, 0.2) is 5.75 Å². The molecule has 3 nitrogen and oxygen atoms in total. The Morgan fingerprint density at radius 3 is 2.45 bits per heavy atom. The lowest BCUT2D eigenvalue weighted by Gasteiger charge is -2.10. The lowest BCUT2D eigenvalue weighted by Crippen LogP contribution is -2.12. The number of hydrogen-bond donors (Lipinski definition) is 2. The lowest BCUT2D eigenvalue weighted by atomic mass is 10.1. The van der Waals surface area contributed by atoms with Crippen LogP contribution in [0.2, 0.25) is 10.0 Å². The van der Waals surface area contributed by atoms with Crippen LogP contribution in [-0.4, -0.2) is 11.0 Å². The highest BCUT2D eigenvalue weighted by molar-refractivity contribution is 6.36. The zero-order valence-corrected chi connectivity index (χ0v) is 12.5. The fourth-order valence-corrected chi connectivity index (χ4v) is 2.23. The van der Waals surface area contributed by atoms with E-state index in [0.717, 1.165) is 11.1 Å². The molecule has 0 radical (unpaired) electrons. The van der Waals surface area contributed by atoms with Crippen molar-refractivity contribution in [3.8, 4) is 5.75 Å². The largest absolute Gasteiger partial charge is 0.504 e. The van der Waals surface area contributed by atoms with Gasteiger partial charge in [-0.05, 0) is 49.2 Å². The summed E-state index contributed by atoms with van der Waals surface area (Å²) in [6, 6.07) is 8.23. The van der Waals surface area contributed by atoms with Crippen LogP contribution in [0.3, 0.4) is 0 Å². The number of halogens is 2. The van der Waals surface area contributed by atoms with Crippen LogP contribution >= 0.6 is 23.2 Å². The number of benzene rings is 2. The van der Waals surface area contributed by atoms with Gasteiger partial charge in [0.1, 0.15) is 0 Å². The van der Waals surface area contributed by atoms with Gasteiger partial charge in [0.2, 0.25) is 0 Å². The summed E-state index contributed by atoms with van der Waals surface area (Å²) in [7, 11) is 0. The Balaban J connectivity index is 2.30. The zero-order chi connectivity index (χ0) is 14.9. The number of phenols is 1. The highest BCUT2D eigenvalue weighted by atomic mass is 35.5. The first kappa shape index (κ1) is 14.7. The first-order valence-corrected chi connectivity index (χ1v) is 6.70. The van der Waals surface area contributed by atoms with Crippen LogP contribution in [0.1, 0.15) is 21.5 Å². The summed E-state index contributed by atoms with van der Waals surface area (Å²) in [4.78, 5) is 12.1. The zero-order valence-electron chi connectivity index (χ0n) is 11.0. The van der Waals surface area contributed by atoms with E-state index in [9.17, 15) is 9.90 Å². The van der Waals surface area contributed by atoms with Crippen LogP contribution < -0.4 is 5.32 Å². The summed E-state index contributed by atoms with van der Waals surface area (Å²) >= 11 is 11.7. The van der Waals surface area contributed by atoms with Crippen molar-refractivity contribution in [3.63, 3.8) is 0 Å². The standard InChI is InChI=1S/C15H13Cl2NO2/c1-8-3-4-10(5-9(8)2)15(20)18-13-7-11(16)6-12(17)14(13)19/h3-7,19H,1-2H3,(H,18,20). The van der Waals surface area contributed by atoms with Crippen LogP contribution in [0.25, 0.3) is 0 Å². The van der Waals surface area contributed by atoms with Crippen molar-refractivity contribution in [2.45, 2.75) is 13.8 Å². The molecule has 0 aliphatic carbocycles. The second-order valence-corrected chi connectivity index (χ2v) is 5.38. The Morgan fingerprint density at radius 1 is 1.10 bits per heavy atom. The van der Waals surface area contributed by atoms with Gasteiger partial charge in [-0.1, -0.05) is 29.3 Å². The minimum atomic E-state index is -0.332. The maximum absolute atomic E-state index is 12.1. The van der Waals surface area contributed by atoms with Crippen molar-refractivity contribution < 1.29 is 9.90 Å². The third-order valence-electron chi connectivity index (χ3n) is 3.05. The van der Waals surface area contributed by atoms with Crippen LogP contribution in [0.4, 0.5) is 5.69 Å². The van der Waals surface area contributed by atoms with Crippen LogP contribution in [0.15, 0.2) is 30.3 Å². The van der Waals surface area contributed by atoms with Crippen molar-refractivity contribution in [1.29, 1.82) is 0 Å². The fourth-order valence-electron chi connectivity index (χ4n) is 1.74. The molecule has 0 bridgehead atoms. The first-order valence-electron chi connectivity index (χ1n) is 5.95. The van der Waals surface area contributed by atoms with Gasteiger partial charge in [-0.25, -0.2) is 0 Å². The second kappa shape index (κ2) is 5.73. The molecule has 2 aromatic carbocycles. The van der Waals surface area contributed by atoms with Crippen LogP contribution in [0, 0.1) is 13.8 Å². The first-order chi connectivity index (χ1) is 9.38. The molecule has 0 fully saturated rings. The monoisotopic (exact) mass is 309 g/mol. The topological polar surface area (TPSA) is 49.3 Å². The van der Waals surface area contributed by atoms with Gasteiger partial charge in [0, 0.05) is 10.6 Å².